The highest BCUT2D eigenvalue weighted by atomic mass is 32.1. The Hall–Kier alpha value is -2.35. The van der Waals surface area contributed by atoms with E-state index in [4.69, 9.17) is 9.47 Å². The topological polar surface area (TPSA) is 80.2 Å². The number of amides is 2. The second-order valence-electron chi connectivity index (χ2n) is 8.86. The molecule has 29 heavy (non-hydrogen) atoms. The molecule has 0 aliphatic carbocycles. The zero-order chi connectivity index (χ0) is 21.8. The Kier molecular flexibility index (Phi) is 7.11. The van der Waals surface area contributed by atoms with E-state index in [1.807, 2.05) is 4.90 Å². The minimum absolute atomic E-state index is 0.130. The second kappa shape index (κ2) is 8.98. The number of nitrogens with zero attached hydrogens (tertiary/aromatic N) is 2. The molecule has 2 amide bonds. The number of guanidine groups is 1. The van der Waals surface area contributed by atoms with Gasteiger partial charge in [0.15, 0.2) is 0 Å². The Bertz CT molecular complexity index is 813. The zero-order valence-electron chi connectivity index (χ0n) is 18.3. The number of carbonyl (C=O) groups excluding carboxylic acids is 2. The number of hydrogen-bond acceptors (Lipinski definition) is 5. The molecule has 1 aromatic rings. The fourth-order valence-electron chi connectivity index (χ4n) is 2.77. The summed E-state index contributed by atoms with van der Waals surface area (Å²) in [6, 6.07) is 2.12. The lowest BCUT2D eigenvalue weighted by atomic mass is 10.0. The van der Waals surface area contributed by atoms with Crippen molar-refractivity contribution in [1.82, 2.24) is 10.2 Å². The molecule has 0 radical (unpaired) electrons. The van der Waals surface area contributed by atoms with E-state index >= 15 is 0 Å². The second-order valence-corrected chi connectivity index (χ2v) is 9.98. The predicted octanol–water partition coefficient (Wildman–Crippen LogP) is 4.96. The third-order valence-electron chi connectivity index (χ3n) is 3.92. The van der Waals surface area contributed by atoms with E-state index in [-0.39, 0.29) is 5.96 Å². The van der Waals surface area contributed by atoms with Gasteiger partial charge in [-0.25, -0.2) is 9.59 Å². The predicted molar refractivity (Wildman–Crippen MR) is 116 cm³/mol. The molecule has 1 aromatic heterocycles. The molecule has 0 fully saturated rings. The van der Waals surface area contributed by atoms with Crippen LogP contribution in [0, 0.1) is 6.92 Å². The van der Waals surface area contributed by atoms with Crippen LogP contribution < -0.4 is 5.32 Å². The van der Waals surface area contributed by atoms with Gasteiger partial charge in [0.05, 0.1) is 0 Å². The maximum Gasteiger partial charge on any atom is 0.437 e. The van der Waals surface area contributed by atoms with Crippen LogP contribution in [0.2, 0.25) is 0 Å². The molecule has 0 saturated heterocycles. The molecule has 1 N–H and O–H groups in total. The fourth-order valence-corrected chi connectivity index (χ4v) is 3.50. The van der Waals surface area contributed by atoms with Crippen molar-refractivity contribution in [3.63, 3.8) is 0 Å². The molecule has 7 nitrogen and oxygen atoms in total. The molecule has 2 heterocycles. The lowest BCUT2D eigenvalue weighted by Crippen LogP contribution is -2.48. The van der Waals surface area contributed by atoms with Crippen molar-refractivity contribution >= 4 is 35.1 Å². The number of carbonyl (C=O) groups is 2. The lowest BCUT2D eigenvalue weighted by Gasteiger charge is -2.30. The number of aryl methyl sites for hydroxylation is 1. The maximum absolute atomic E-state index is 12.3. The molecule has 0 aromatic carbocycles. The highest BCUT2D eigenvalue weighted by Gasteiger charge is 2.24. The molecule has 0 spiro atoms. The number of nitrogens with one attached hydrogen (secondary N) is 1. The van der Waals surface area contributed by atoms with Gasteiger partial charge in [-0.2, -0.15) is 0 Å². The van der Waals surface area contributed by atoms with Gasteiger partial charge in [-0.15, -0.1) is 16.3 Å². The normalized spacial score (nSPS) is 15.6. The van der Waals surface area contributed by atoms with Crippen LogP contribution in [0.15, 0.2) is 22.5 Å². The van der Waals surface area contributed by atoms with Crippen molar-refractivity contribution in [3.8, 4) is 0 Å². The SMILES string of the molecule is Cc1sccc1C1=CCN(/C(=N\C(=O)OC(C)(C)C)NC(=O)OC(C)(C)C)CC1. The van der Waals surface area contributed by atoms with Crippen LogP contribution in [0.5, 0.6) is 0 Å². The van der Waals surface area contributed by atoms with Gasteiger partial charge in [-0.1, -0.05) is 6.08 Å². The first kappa shape index (κ1) is 22.9. The van der Waals surface area contributed by atoms with Crippen LogP contribution in [0.1, 0.15) is 58.4 Å². The van der Waals surface area contributed by atoms with E-state index in [0.717, 1.165) is 6.42 Å². The summed E-state index contributed by atoms with van der Waals surface area (Å²) in [5.74, 6) is 0.130. The Morgan fingerprint density at radius 2 is 1.79 bits per heavy atom. The Balaban J connectivity index is 2.19. The summed E-state index contributed by atoms with van der Waals surface area (Å²) in [6.45, 7) is 13.8. The number of rotatable bonds is 1. The summed E-state index contributed by atoms with van der Waals surface area (Å²) >= 11 is 1.72. The minimum Gasteiger partial charge on any atom is -0.444 e. The minimum atomic E-state index is -0.757. The summed E-state index contributed by atoms with van der Waals surface area (Å²) < 4.78 is 10.6. The van der Waals surface area contributed by atoms with Crippen LogP contribution in [-0.4, -0.2) is 47.3 Å². The van der Waals surface area contributed by atoms with E-state index in [1.54, 1.807) is 52.9 Å². The van der Waals surface area contributed by atoms with E-state index < -0.39 is 23.4 Å². The molecule has 0 atom stereocenters. The third kappa shape index (κ3) is 7.53. The molecule has 1 aliphatic heterocycles. The standard InChI is InChI=1S/C21H31N3O4S/c1-14-16(10-13-29-14)15-8-11-24(12-9-15)17(22-18(25)27-20(2,3)4)23-19(26)28-21(5,6)7/h8,10,13H,9,11-12H2,1-7H3,(H,22,23,25,26). The van der Waals surface area contributed by atoms with Gasteiger partial charge in [-0.05, 0) is 77.5 Å². The van der Waals surface area contributed by atoms with Crippen molar-refractivity contribution in [2.45, 2.75) is 66.1 Å². The van der Waals surface area contributed by atoms with Crippen molar-refractivity contribution < 1.29 is 19.1 Å². The van der Waals surface area contributed by atoms with Gasteiger partial charge in [0.25, 0.3) is 0 Å². The van der Waals surface area contributed by atoms with Crippen LogP contribution in [-0.2, 0) is 9.47 Å². The number of thiophene rings is 1. The fraction of sp³-hybridized carbons (Fsp3) is 0.571. The smallest absolute Gasteiger partial charge is 0.437 e. The van der Waals surface area contributed by atoms with Crippen LogP contribution >= 0.6 is 11.3 Å². The first-order valence-corrected chi connectivity index (χ1v) is 10.5. The van der Waals surface area contributed by atoms with E-state index in [0.29, 0.717) is 13.1 Å². The average molecular weight is 422 g/mol. The van der Waals surface area contributed by atoms with Crippen LogP contribution in [0.25, 0.3) is 5.57 Å². The lowest BCUT2D eigenvalue weighted by molar-refractivity contribution is 0.0555. The molecule has 0 saturated carbocycles. The van der Waals surface area contributed by atoms with Gasteiger partial charge < -0.3 is 14.4 Å². The quantitative estimate of drug-likeness (QED) is 0.512. The molecule has 1 aliphatic rings. The Morgan fingerprint density at radius 3 is 2.28 bits per heavy atom. The monoisotopic (exact) mass is 421 g/mol. The first-order valence-electron chi connectivity index (χ1n) is 9.64. The summed E-state index contributed by atoms with van der Waals surface area (Å²) in [5.41, 5.74) is 1.17. The van der Waals surface area contributed by atoms with Crippen LogP contribution in [0.3, 0.4) is 0 Å². The van der Waals surface area contributed by atoms with E-state index in [1.165, 1.54) is 16.0 Å². The largest absolute Gasteiger partial charge is 0.444 e. The highest BCUT2D eigenvalue weighted by molar-refractivity contribution is 7.10. The summed E-state index contributed by atoms with van der Waals surface area (Å²) in [4.78, 5) is 31.6. The summed E-state index contributed by atoms with van der Waals surface area (Å²) in [5, 5.41) is 4.69. The van der Waals surface area contributed by atoms with Gasteiger partial charge in [0.1, 0.15) is 11.2 Å². The molecule has 2 rings (SSSR count). The number of aliphatic imine (C=N–C) groups is 1. The number of hydrogen-bond donors (Lipinski definition) is 1. The Morgan fingerprint density at radius 1 is 1.14 bits per heavy atom. The highest BCUT2D eigenvalue weighted by Crippen LogP contribution is 2.28. The zero-order valence-corrected chi connectivity index (χ0v) is 19.1. The van der Waals surface area contributed by atoms with Crippen molar-refractivity contribution in [3.05, 3.63) is 28.0 Å². The van der Waals surface area contributed by atoms with E-state index in [9.17, 15) is 9.59 Å². The molecular formula is C21H31N3O4S. The van der Waals surface area contributed by atoms with Gasteiger partial charge in [0.2, 0.25) is 5.96 Å². The summed E-state index contributed by atoms with van der Waals surface area (Å²) in [7, 11) is 0. The van der Waals surface area contributed by atoms with Crippen molar-refractivity contribution in [1.29, 1.82) is 0 Å². The van der Waals surface area contributed by atoms with Crippen LogP contribution in [0.4, 0.5) is 9.59 Å². The van der Waals surface area contributed by atoms with Crippen molar-refractivity contribution in [2.24, 2.45) is 4.99 Å². The third-order valence-corrected chi connectivity index (χ3v) is 4.76. The van der Waals surface area contributed by atoms with Gasteiger partial charge in [0, 0.05) is 18.0 Å². The maximum atomic E-state index is 12.3. The first-order chi connectivity index (χ1) is 13.3. The summed E-state index contributed by atoms with van der Waals surface area (Å²) in [6.07, 6.45) is 1.45. The number of ether oxygens (including phenoxy) is 2. The van der Waals surface area contributed by atoms with Gasteiger partial charge >= 0.3 is 12.2 Å². The molecule has 0 bridgehead atoms. The van der Waals surface area contributed by atoms with Crippen molar-refractivity contribution in [2.75, 3.05) is 13.1 Å². The number of alkyl carbamates (subject to hydrolysis) is 1. The van der Waals surface area contributed by atoms with E-state index in [2.05, 4.69) is 34.8 Å². The van der Waals surface area contributed by atoms with Gasteiger partial charge in [-0.3, -0.25) is 5.32 Å². The average Bonchev–Trinajstić information content (AvgIpc) is 2.97. The molecule has 8 heteroatoms. The Labute approximate surface area is 176 Å². The molecule has 0 unspecified atom stereocenters. The molecule has 160 valence electrons. The molecular weight excluding hydrogens is 390 g/mol.